The first kappa shape index (κ1) is 14.7. The summed E-state index contributed by atoms with van der Waals surface area (Å²) in [4.78, 5) is 17.2. The Labute approximate surface area is 143 Å². The number of ether oxygens (including phenoxy) is 1. The number of benzene rings is 2. The number of aromatic nitrogens is 1. The Bertz CT molecular complexity index is 892. The summed E-state index contributed by atoms with van der Waals surface area (Å²) in [6.07, 6.45) is 0.378. The number of nitrogen functional groups attached to an aromatic ring is 1. The minimum Gasteiger partial charge on any atom is -0.457 e. The third kappa shape index (κ3) is 2.83. The van der Waals surface area contributed by atoms with E-state index in [-0.39, 0.29) is 11.8 Å². The first-order valence-electron chi connectivity index (χ1n) is 7.58. The molecule has 0 aliphatic carbocycles. The molecule has 6 heteroatoms. The van der Waals surface area contributed by atoms with Gasteiger partial charge in [0.25, 0.3) is 0 Å². The summed E-state index contributed by atoms with van der Waals surface area (Å²) < 4.78 is 5.89. The molecule has 0 radical (unpaired) electrons. The van der Waals surface area contributed by atoms with Crippen molar-refractivity contribution in [3.05, 3.63) is 65.0 Å². The molecule has 5 nitrogen and oxygen atoms in total. The van der Waals surface area contributed by atoms with E-state index in [9.17, 15) is 4.79 Å². The number of hydrogen-bond donors (Lipinski definition) is 2. The highest BCUT2D eigenvalue weighted by molar-refractivity contribution is 7.16. The normalized spacial score (nSPS) is 16.3. The number of carbonyl (C=O) groups is 1. The van der Waals surface area contributed by atoms with Gasteiger partial charge in [0, 0.05) is 12.3 Å². The lowest BCUT2D eigenvalue weighted by molar-refractivity contribution is -0.116. The van der Waals surface area contributed by atoms with Crippen LogP contribution in [0.2, 0.25) is 0 Å². The van der Waals surface area contributed by atoms with Crippen LogP contribution in [0.5, 0.6) is 11.5 Å². The van der Waals surface area contributed by atoms with Crippen LogP contribution in [0, 0.1) is 0 Å². The zero-order chi connectivity index (χ0) is 16.5. The van der Waals surface area contributed by atoms with Crippen LogP contribution >= 0.6 is 11.3 Å². The Hall–Kier alpha value is -2.86. The molecule has 1 aliphatic heterocycles. The highest BCUT2D eigenvalue weighted by Gasteiger charge is 2.30. The number of nitrogens with zero attached hydrogens (tertiary/aromatic N) is 1. The summed E-state index contributed by atoms with van der Waals surface area (Å²) in [6, 6.07) is 17.4. The minimum atomic E-state index is -0.0529. The van der Waals surface area contributed by atoms with E-state index < -0.39 is 0 Å². The largest absolute Gasteiger partial charge is 0.457 e. The Morgan fingerprint density at radius 1 is 1.12 bits per heavy atom. The van der Waals surface area contributed by atoms with Crippen LogP contribution in [-0.2, 0) is 4.79 Å². The Morgan fingerprint density at radius 2 is 1.92 bits per heavy atom. The molecule has 1 atom stereocenters. The van der Waals surface area contributed by atoms with Crippen LogP contribution in [0.15, 0.2) is 54.6 Å². The van der Waals surface area contributed by atoms with E-state index in [1.54, 1.807) is 0 Å². The van der Waals surface area contributed by atoms with Crippen LogP contribution in [-0.4, -0.2) is 10.9 Å². The highest BCUT2D eigenvalue weighted by atomic mass is 32.1. The molecule has 0 bridgehead atoms. The minimum absolute atomic E-state index is 0.0489. The predicted octanol–water partition coefficient (Wildman–Crippen LogP) is 3.99. The number of para-hydroxylation sites is 1. The zero-order valence-electron chi connectivity index (χ0n) is 12.7. The summed E-state index contributed by atoms with van der Waals surface area (Å²) in [6.45, 7) is 0. The average Bonchev–Trinajstić information content (AvgIpc) is 2.95. The molecule has 0 unspecified atom stereocenters. The molecule has 0 saturated carbocycles. The summed E-state index contributed by atoms with van der Waals surface area (Å²) in [5.74, 6) is 1.99. The van der Waals surface area contributed by atoms with E-state index in [1.165, 1.54) is 11.3 Å². The number of rotatable bonds is 3. The van der Waals surface area contributed by atoms with Crippen LogP contribution in [0.25, 0.3) is 0 Å². The predicted molar refractivity (Wildman–Crippen MR) is 94.6 cm³/mol. The van der Waals surface area contributed by atoms with E-state index in [4.69, 9.17) is 10.5 Å². The fourth-order valence-corrected chi connectivity index (χ4v) is 3.74. The molecule has 2 aromatic carbocycles. The number of amides is 1. The molecule has 24 heavy (non-hydrogen) atoms. The average molecular weight is 337 g/mol. The fraction of sp³-hybridized carbons (Fsp3) is 0.111. The second kappa shape index (κ2) is 5.98. The number of fused-ring (bicyclic) bond motifs is 1. The number of anilines is 2. The first-order chi connectivity index (χ1) is 11.7. The van der Waals surface area contributed by atoms with Crippen LogP contribution in [0.1, 0.15) is 22.8 Å². The lowest BCUT2D eigenvalue weighted by Gasteiger charge is -2.22. The van der Waals surface area contributed by atoms with Gasteiger partial charge in [0.05, 0.1) is 4.88 Å². The van der Waals surface area contributed by atoms with Crippen molar-refractivity contribution in [3.63, 3.8) is 0 Å². The van der Waals surface area contributed by atoms with Gasteiger partial charge in [-0.3, -0.25) is 4.79 Å². The monoisotopic (exact) mass is 337 g/mol. The van der Waals surface area contributed by atoms with Crippen molar-refractivity contribution in [2.75, 3.05) is 11.1 Å². The van der Waals surface area contributed by atoms with Crippen molar-refractivity contribution < 1.29 is 9.53 Å². The van der Waals surface area contributed by atoms with Gasteiger partial charge >= 0.3 is 0 Å². The number of thiazole rings is 1. The second-order valence-corrected chi connectivity index (χ2v) is 6.62. The van der Waals surface area contributed by atoms with Crippen molar-refractivity contribution in [2.24, 2.45) is 0 Å². The number of nitrogens with one attached hydrogen (secondary N) is 1. The molecular formula is C18H15N3O2S. The molecule has 1 aliphatic rings. The standard InChI is InChI=1S/C18H15N3O2S/c19-18-21-17-16(24-18)14(10-15(22)20-17)11-5-4-8-13(9-11)23-12-6-2-1-3-7-12/h1-9,14H,10H2,(H2,19,21)(H,20,22)/t14-/m1/s1. The van der Waals surface area contributed by atoms with Crippen molar-refractivity contribution in [2.45, 2.75) is 12.3 Å². The topological polar surface area (TPSA) is 77.2 Å². The highest BCUT2D eigenvalue weighted by Crippen LogP contribution is 2.42. The zero-order valence-corrected chi connectivity index (χ0v) is 13.5. The third-order valence-corrected chi connectivity index (χ3v) is 4.87. The van der Waals surface area contributed by atoms with Crippen molar-refractivity contribution in [3.8, 4) is 11.5 Å². The molecular weight excluding hydrogens is 322 g/mol. The Balaban J connectivity index is 1.67. The van der Waals surface area contributed by atoms with Gasteiger partial charge < -0.3 is 15.8 Å². The third-order valence-electron chi connectivity index (χ3n) is 3.87. The second-order valence-electron chi connectivity index (χ2n) is 5.56. The van der Waals surface area contributed by atoms with E-state index >= 15 is 0 Å². The molecule has 2 heterocycles. The van der Waals surface area contributed by atoms with E-state index in [2.05, 4.69) is 10.3 Å². The molecule has 1 amide bonds. The number of nitrogens with two attached hydrogens (primary N) is 1. The molecule has 3 aromatic rings. The van der Waals surface area contributed by atoms with Gasteiger partial charge in [-0.1, -0.05) is 41.7 Å². The quantitative estimate of drug-likeness (QED) is 0.757. The van der Waals surface area contributed by atoms with Crippen LogP contribution in [0.4, 0.5) is 10.9 Å². The van der Waals surface area contributed by atoms with E-state index in [1.807, 2.05) is 54.6 Å². The maximum atomic E-state index is 12.0. The van der Waals surface area contributed by atoms with Gasteiger partial charge in [0.1, 0.15) is 17.3 Å². The van der Waals surface area contributed by atoms with Crippen molar-refractivity contribution in [1.82, 2.24) is 4.98 Å². The molecule has 0 fully saturated rings. The SMILES string of the molecule is Nc1nc2c(s1)[C@@H](c1cccc(Oc3ccccc3)c1)CC(=O)N2. The Morgan fingerprint density at radius 3 is 2.75 bits per heavy atom. The van der Waals surface area contributed by atoms with Gasteiger partial charge in [-0.05, 0) is 29.8 Å². The summed E-state index contributed by atoms with van der Waals surface area (Å²) in [5.41, 5.74) is 6.82. The van der Waals surface area contributed by atoms with E-state index in [0.29, 0.717) is 17.4 Å². The molecule has 0 saturated heterocycles. The van der Waals surface area contributed by atoms with Gasteiger partial charge in [-0.25, -0.2) is 4.98 Å². The van der Waals surface area contributed by atoms with Crippen molar-refractivity contribution in [1.29, 1.82) is 0 Å². The molecule has 120 valence electrons. The van der Waals surface area contributed by atoms with Crippen LogP contribution < -0.4 is 15.8 Å². The fourth-order valence-electron chi connectivity index (χ4n) is 2.82. The maximum absolute atomic E-state index is 12.0. The first-order valence-corrected chi connectivity index (χ1v) is 8.39. The maximum Gasteiger partial charge on any atom is 0.226 e. The summed E-state index contributed by atoms with van der Waals surface area (Å²) in [7, 11) is 0. The van der Waals surface area contributed by atoms with Crippen LogP contribution in [0.3, 0.4) is 0 Å². The molecule has 4 rings (SSSR count). The lowest BCUT2D eigenvalue weighted by atomic mass is 9.91. The van der Waals surface area contributed by atoms with Gasteiger partial charge in [0.2, 0.25) is 5.91 Å². The lowest BCUT2D eigenvalue weighted by Crippen LogP contribution is -2.22. The summed E-state index contributed by atoms with van der Waals surface area (Å²) in [5, 5.41) is 3.25. The van der Waals surface area contributed by atoms with Gasteiger partial charge in [-0.2, -0.15) is 0 Å². The summed E-state index contributed by atoms with van der Waals surface area (Å²) >= 11 is 1.42. The smallest absolute Gasteiger partial charge is 0.226 e. The van der Waals surface area contributed by atoms with Crippen molar-refractivity contribution >= 4 is 28.2 Å². The van der Waals surface area contributed by atoms with Gasteiger partial charge in [0.15, 0.2) is 5.13 Å². The number of carbonyl (C=O) groups excluding carboxylic acids is 1. The molecule has 0 spiro atoms. The Kier molecular flexibility index (Phi) is 3.66. The molecule has 1 aromatic heterocycles. The molecule has 3 N–H and O–H groups in total. The number of hydrogen-bond acceptors (Lipinski definition) is 5. The van der Waals surface area contributed by atoms with E-state index in [0.717, 1.165) is 21.9 Å². The van der Waals surface area contributed by atoms with Gasteiger partial charge in [-0.15, -0.1) is 0 Å².